The molecule has 0 aromatic carbocycles. The van der Waals surface area contributed by atoms with Crippen LogP contribution in [0.4, 0.5) is 0 Å². The van der Waals surface area contributed by atoms with Gasteiger partial charge in [0.15, 0.2) is 0 Å². The van der Waals surface area contributed by atoms with Crippen molar-refractivity contribution < 1.29 is 4.79 Å². The zero-order valence-corrected chi connectivity index (χ0v) is 12.6. The maximum Gasteiger partial charge on any atom is 0.143 e. The zero-order chi connectivity index (χ0) is 13.5. The molecule has 1 aromatic heterocycles. The van der Waals surface area contributed by atoms with Gasteiger partial charge in [0.05, 0.1) is 12.2 Å². The lowest BCUT2D eigenvalue weighted by molar-refractivity contribution is -0.120. The van der Waals surface area contributed by atoms with Crippen molar-refractivity contribution >= 4 is 27.4 Å². The number of rotatable bonds is 8. The number of H-pyrrole nitrogens is 1. The normalized spacial score (nSPS) is 20.6. The summed E-state index contributed by atoms with van der Waals surface area (Å²) in [6.45, 7) is 0.357. The lowest BCUT2D eigenvalue weighted by Gasteiger charge is -2.12. The Morgan fingerprint density at radius 2 is 2.47 bits per heavy atom. The molecule has 2 unspecified atom stereocenters. The maximum atomic E-state index is 12.1. The number of nitrogens with two attached hydrogens (primary N) is 1. The Hall–Kier alpha value is -0.460. The highest BCUT2D eigenvalue weighted by Crippen LogP contribution is 2.39. The van der Waals surface area contributed by atoms with Gasteiger partial charge in [0.2, 0.25) is 0 Å². The lowest BCUT2D eigenvalue weighted by Crippen LogP contribution is -2.22. The Morgan fingerprint density at radius 1 is 1.58 bits per heavy atom. The molecule has 4 nitrogen and oxygen atoms in total. The van der Waals surface area contributed by atoms with Crippen LogP contribution in [0, 0.1) is 0 Å². The monoisotopic (exact) mass is 299 g/mol. The van der Waals surface area contributed by atoms with Gasteiger partial charge in [-0.3, -0.25) is 4.79 Å². The quantitative estimate of drug-likeness (QED) is 0.570. The van der Waals surface area contributed by atoms with E-state index in [1.165, 1.54) is 18.6 Å². The molecule has 1 aliphatic heterocycles. The van der Waals surface area contributed by atoms with Crippen LogP contribution in [0.15, 0.2) is 12.5 Å². The fraction of sp³-hybridized carbons (Fsp3) is 0.692. The molecule has 0 bridgehead atoms. The van der Waals surface area contributed by atoms with Gasteiger partial charge >= 0.3 is 0 Å². The molecule has 0 amide bonds. The van der Waals surface area contributed by atoms with Crippen molar-refractivity contribution in [1.82, 2.24) is 9.97 Å². The topological polar surface area (TPSA) is 71.8 Å². The molecule has 2 rings (SSSR count). The molecular weight excluding hydrogens is 278 g/mol. The SMILES string of the molecule is NCC(C(=O)CCCCC1CCSS1)c1cnc[nH]1. The van der Waals surface area contributed by atoms with Crippen molar-refractivity contribution in [3.63, 3.8) is 0 Å². The van der Waals surface area contributed by atoms with Gasteiger partial charge < -0.3 is 10.7 Å². The van der Waals surface area contributed by atoms with Crippen LogP contribution in [0.2, 0.25) is 0 Å². The van der Waals surface area contributed by atoms with E-state index in [-0.39, 0.29) is 11.7 Å². The van der Waals surface area contributed by atoms with E-state index in [4.69, 9.17) is 5.73 Å². The largest absolute Gasteiger partial charge is 0.348 e. The Kier molecular flexibility index (Phi) is 6.26. The highest BCUT2D eigenvalue weighted by molar-refractivity contribution is 8.77. The van der Waals surface area contributed by atoms with Gasteiger partial charge in [-0.1, -0.05) is 28.0 Å². The predicted octanol–water partition coefficient (Wildman–Crippen LogP) is 2.74. The molecule has 6 heteroatoms. The molecule has 0 spiro atoms. The molecule has 0 saturated carbocycles. The van der Waals surface area contributed by atoms with E-state index in [1.807, 2.05) is 21.6 Å². The lowest BCUT2D eigenvalue weighted by atomic mass is 9.96. The number of carbonyl (C=O) groups is 1. The van der Waals surface area contributed by atoms with E-state index < -0.39 is 0 Å². The first-order valence-electron chi connectivity index (χ1n) is 6.80. The summed E-state index contributed by atoms with van der Waals surface area (Å²) < 4.78 is 0. The van der Waals surface area contributed by atoms with Crippen LogP contribution in [-0.4, -0.2) is 33.3 Å². The van der Waals surface area contributed by atoms with Gasteiger partial charge in [-0.2, -0.15) is 0 Å². The Morgan fingerprint density at radius 3 is 3.11 bits per heavy atom. The average molecular weight is 299 g/mol. The Bertz CT molecular complexity index is 377. The van der Waals surface area contributed by atoms with Crippen LogP contribution in [0.1, 0.15) is 43.7 Å². The van der Waals surface area contributed by atoms with E-state index in [9.17, 15) is 4.79 Å². The van der Waals surface area contributed by atoms with Crippen molar-refractivity contribution in [2.24, 2.45) is 5.73 Å². The molecule has 0 aliphatic carbocycles. The number of aromatic amines is 1. The van der Waals surface area contributed by atoms with Crippen LogP contribution in [0.3, 0.4) is 0 Å². The molecule has 1 saturated heterocycles. The second-order valence-electron chi connectivity index (χ2n) is 4.84. The third kappa shape index (κ3) is 4.54. The van der Waals surface area contributed by atoms with E-state index in [0.717, 1.165) is 23.8 Å². The minimum absolute atomic E-state index is 0.209. The van der Waals surface area contributed by atoms with Crippen molar-refractivity contribution in [3.8, 4) is 0 Å². The minimum atomic E-state index is -0.209. The summed E-state index contributed by atoms with van der Waals surface area (Å²) in [5.41, 5.74) is 6.54. The summed E-state index contributed by atoms with van der Waals surface area (Å²) in [7, 11) is 3.98. The molecule has 3 N–H and O–H groups in total. The molecule has 1 aromatic rings. The van der Waals surface area contributed by atoms with E-state index in [1.54, 1.807) is 12.5 Å². The average Bonchev–Trinajstić information content (AvgIpc) is 3.08. The number of Topliss-reactive ketones (excluding diaryl/α,β-unsaturated/α-hetero) is 1. The first-order chi connectivity index (χ1) is 9.31. The second-order valence-corrected chi connectivity index (χ2v) is 7.62. The van der Waals surface area contributed by atoms with E-state index >= 15 is 0 Å². The van der Waals surface area contributed by atoms with Crippen LogP contribution in [-0.2, 0) is 4.79 Å². The van der Waals surface area contributed by atoms with E-state index in [2.05, 4.69) is 9.97 Å². The van der Waals surface area contributed by atoms with Crippen molar-refractivity contribution in [2.75, 3.05) is 12.3 Å². The summed E-state index contributed by atoms with van der Waals surface area (Å²) in [4.78, 5) is 19.1. The Labute approximate surface area is 122 Å². The van der Waals surface area contributed by atoms with Gasteiger partial charge in [-0.05, 0) is 19.3 Å². The number of nitrogens with one attached hydrogen (secondary N) is 1. The summed E-state index contributed by atoms with van der Waals surface area (Å²) in [6.07, 6.45) is 8.61. The Balaban J connectivity index is 1.68. The molecule has 0 radical (unpaired) electrons. The van der Waals surface area contributed by atoms with Gasteiger partial charge in [-0.25, -0.2) is 4.98 Å². The van der Waals surface area contributed by atoms with Crippen LogP contribution in [0.25, 0.3) is 0 Å². The maximum absolute atomic E-state index is 12.1. The van der Waals surface area contributed by atoms with Gasteiger partial charge in [0.1, 0.15) is 5.78 Å². The number of carbonyl (C=O) groups excluding carboxylic acids is 1. The highest BCUT2D eigenvalue weighted by atomic mass is 33.1. The fourth-order valence-corrected chi connectivity index (χ4v) is 5.33. The number of nitrogens with zero attached hydrogens (tertiary/aromatic N) is 1. The zero-order valence-electron chi connectivity index (χ0n) is 11.0. The first kappa shape index (κ1) is 14.9. The third-order valence-corrected chi connectivity index (χ3v) is 6.45. The van der Waals surface area contributed by atoms with Gasteiger partial charge in [0, 0.05) is 35.9 Å². The van der Waals surface area contributed by atoms with Crippen molar-refractivity contribution in [1.29, 1.82) is 0 Å². The molecule has 106 valence electrons. The number of hydrogen-bond donors (Lipinski definition) is 2. The number of unbranched alkanes of at least 4 members (excludes halogenated alkanes) is 1. The van der Waals surface area contributed by atoms with Crippen LogP contribution in [0.5, 0.6) is 0 Å². The molecule has 19 heavy (non-hydrogen) atoms. The summed E-state index contributed by atoms with van der Waals surface area (Å²) >= 11 is 0. The molecule has 2 atom stereocenters. The number of hydrogen-bond acceptors (Lipinski definition) is 5. The number of aromatic nitrogens is 2. The summed E-state index contributed by atoms with van der Waals surface area (Å²) in [5.74, 6) is 1.31. The second kappa shape index (κ2) is 7.97. The summed E-state index contributed by atoms with van der Waals surface area (Å²) in [5, 5.41) is 0.804. The highest BCUT2D eigenvalue weighted by Gasteiger charge is 2.20. The number of ketones is 1. The smallest absolute Gasteiger partial charge is 0.143 e. The molecular formula is C13H21N3OS2. The minimum Gasteiger partial charge on any atom is -0.348 e. The first-order valence-corrected chi connectivity index (χ1v) is 9.18. The standard InChI is InChI=1S/C13H21N3OS2/c14-7-11(12-8-15-9-16-12)13(17)4-2-1-3-10-5-6-18-19-10/h8-11H,1-7,14H2,(H,15,16). The van der Waals surface area contributed by atoms with Crippen molar-refractivity contribution in [3.05, 3.63) is 18.2 Å². The van der Waals surface area contributed by atoms with Crippen molar-refractivity contribution in [2.45, 2.75) is 43.3 Å². The molecule has 2 heterocycles. The number of imidazole rings is 1. The van der Waals surface area contributed by atoms with Gasteiger partial charge in [-0.15, -0.1) is 0 Å². The molecule has 1 aliphatic rings. The summed E-state index contributed by atoms with van der Waals surface area (Å²) in [6, 6.07) is 0. The predicted molar refractivity (Wildman–Crippen MR) is 82.3 cm³/mol. The van der Waals surface area contributed by atoms with Crippen LogP contribution >= 0.6 is 21.6 Å². The molecule has 1 fully saturated rings. The van der Waals surface area contributed by atoms with Gasteiger partial charge in [0.25, 0.3) is 0 Å². The van der Waals surface area contributed by atoms with E-state index in [0.29, 0.717) is 13.0 Å². The van der Waals surface area contributed by atoms with Crippen LogP contribution < -0.4 is 5.73 Å². The third-order valence-electron chi connectivity index (χ3n) is 3.45. The fourth-order valence-electron chi connectivity index (χ4n) is 2.30.